The lowest BCUT2D eigenvalue weighted by molar-refractivity contribution is 0.154. The van der Waals surface area contributed by atoms with Gasteiger partial charge in [0.1, 0.15) is 5.75 Å². The summed E-state index contributed by atoms with van der Waals surface area (Å²) in [6.07, 6.45) is 2.64. The summed E-state index contributed by atoms with van der Waals surface area (Å²) in [4.78, 5) is 2.17. The number of aliphatic hydroxyl groups excluding tert-OH is 1. The third kappa shape index (κ3) is 3.29. The van der Waals surface area contributed by atoms with Gasteiger partial charge in [0.25, 0.3) is 0 Å². The first kappa shape index (κ1) is 13.0. The molecule has 4 heteroatoms. The summed E-state index contributed by atoms with van der Waals surface area (Å²) in [6, 6.07) is 5.79. The van der Waals surface area contributed by atoms with Crippen LogP contribution in [0.15, 0.2) is 18.2 Å². The average Bonchev–Trinajstić information content (AvgIpc) is 2.36. The molecular weight excluding hydrogens is 228 g/mol. The van der Waals surface area contributed by atoms with Crippen molar-refractivity contribution < 1.29 is 9.84 Å². The van der Waals surface area contributed by atoms with Gasteiger partial charge in [-0.1, -0.05) is 6.92 Å². The molecule has 1 saturated heterocycles. The third-order valence-corrected chi connectivity index (χ3v) is 3.15. The monoisotopic (exact) mass is 250 g/mol. The highest BCUT2D eigenvalue weighted by molar-refractivity contribution is 5.60. The SMILES string of the molecule is CCCOc1cc(N)cc(N2CCCC(O)C2)c1. The molecule has 100 valence electrons. The van der Waals surface area contributed by atoms with E-state index in [0.29, 0.717) is 18.8 Å². The lowest BCUT2D eigenvalue weighted by atomic mass is 10.1. The van der Waals surface area contributed by atoms with Gasteiger partial charge in [-0.25, -0.2) is 0 Å². The summed E-state index contributed by atoms with van der Waals surface area (Å²) in [5.74, 6) is 0.812. The first-order valence-corrected chi connectivity index (χ1v) is 6.65. The molecule has 4 nitrogen and oxygen atoms in total. The van der Waals surface area contributed by atoms with Crippen LogP contribution in [0.5, 0.6) is 5.75 Å². The number of hydrogen-bond donors (Lipinski definition) is 2. The van der Waals surface area contributed by atoms with Gasteiger partial charge in [-0.3, -0.25) is 0 Å². The fraction of sp³-hybridized carbons (Fsp3) is 0.571. The Hall–Kier alpha value is -1.42. The molecule has 0 bridgehead atoms. The third-order valence-electron chi connectivity index (χ3n) is 3.15. The molecule has 0 radical (unpaired) electrons. The predicted octanol–water partition coefficient (Wildman–Crippen LogP) is 2.02. The van der Waals surface area contributed by atoms with Gasteiger partial charge in [0.2, 0.25) is 0 Å². The molecular formula is C14H22N2O2. The van der Waals surface area contributed by atoms with E-state index in [0.717, 1.165) is 37.2 Å². The number of nitrogen functional groups attached to an aromatic ring is 1. The van der Waals surface area contributed by atoms with E-state index >= 15 is 0 Å². The number of ether oxygens (including phenoxy) is 1. The Bertz CT molecular complexity index is 395. The maximum atomic E-state index is 9.72. The Morgan fingerprint density at radius 1 is 1.44 bits per heavy atom. The molecule has 18 heavy (non-hydrogen) atoms. The number of hydrogen-bond acceptors (Lipinski definition) is 4. The van der Waals surface area contributed by atoms with Gasteiger partial charge in [0.05, 0.1) is 12.7 Å². The normalized spacial score (nSPS) is 19.9. The van der Waals surface area contributed by atoms with Crippen molar-refractivity contribution in [1.29, 1.82) is 0 Å². The van der Waals surface area contributed by atoms with Gasteiger partial charge in [-0.05, 0) is 25.3 Å². The van der Waals surface area contributed by atoms with E-state index in [-0.39, 0.29) is 6.10 Å². The molecule has 0 amide bonds. The Balaban J connectivity index is 2.13. The molecule has 0 saturated carbocycles. The number of piperidine rings is 1. The van der Waals surface area contributed by atoms with E-state index < -0.39 is 0 Å². The molecule has 0 aliphatic carbocycles. The second kappa shape index (κ2) is 5.96. The predicted molar refractivity (Wildman–Crippen MR) is 74.1 cm³/mol. The van der Waals surface area contributed by atoms with Crippen LogP contribution in [-0.2, 0) is 0 Å². The summed E-state index contributed by atoms with van der Waals surface area (Å²) in [5.41, 5.74) is 7.65. The van der Waals surface area contributed by atoms with Crippen LogP contribution in [0.3, 0.4) is 0 Å². The fourth-order valence-electron chi connectivity index (χ4n) is 2.28. The van der Waals surface area contributed by atoms with Crippen LogP contribution < -0.4 is 15.4 Å². The Kier molecular flexibility index (Phi) is 4.31. The number of aliphatic hydroxyl groups is 1. The van der Waals surface area contributed by atoms with Gasteiger partial charge in [-0.2, -0.15) is 0 Å². The van der Waals surface area contributed by atoms with E-state index in [1.807, 2.05) is 18.2 Å². The molecule has 1 heterocycles. The van der Waals surface area contributed by atoms with E-state index in [1.165, 1.54) is 0 Å². The quantitative estimate of drug-likeness (QED) is 0.803. The fourth-order valence-corrected chi connectivity index (χ4v) is 2.28. The zero-order chi connectivity index (χ0) is 13.0. The largest absolute Gasteiger partial charge is 0.493 e. The molecule has 1 aliphatic rings. The first-order valence-electron chi connectivity index (χ1n) is 6.65. The van der Waals surface area contributed by atoms with Gasteiger partial charge in [-0.15, -0.1) is 0 Å². The topological polar surface area (TPSA) is 58.7 Å². The van der Waals surface area contributed by atoms with Crippen molar-refractivity contribution >= 4 is 11.4 Å². The molecule has 1 aromatic carbocycles. The van der Waals surface area contributed by atoms with Crippen molar-refractivity contribution in [1.82, 2.24) is 0 Å². The summed E-state index contributed by atoms with van der Waals surface area (Å²) in [5, 5.41) is 9.72. The van der Waals surface area contributed by atoms with Gasteiger partial charge in [0, 0.05) is 36.6 Å². The lowest BCUT2D eigenvalue weighted by Gasteiger charge is -2.32. The standard InChI is InChI=1S/C14H22N2O2/c1-2-6-18-14-8-11(15)7-12(9-14)16-5-3-4-13(17)10-16/h7-9,13,17H,2-6,10,15H2,1H3. The van der Waals surface area contributed by atoms with E-state index in [1.54, 1.807) is 0 Å². The first-order chi connectivity index (χ1) is 8.69. The van der Waals surface area contributed by atoms with Crippen LogP contribution in [0.2, 0.25) is 0 Å². The molecule has 1 atom stereocenters. The maximum Gasteiger partial charge on any atom is 0.123 e. The highest BCUT2D eigenvalue weighted by atomic mass is 16.5. The average molecular weight is 250 g/mol. The number of anilines is 2. The second-order valence-corrected chi connectivity index (χ2v) is 4.85. The van der Waals surface area contributed by atoms with E-state index in [2.05, 4.69) is 11.8 Å². The lowest BCUT2D eigenvalue weighted by Crippen LogP contribution is -2.38. The molecule has 1 aliphatic heterocycles. The minimum atomic E-state index is -0.236. The molecule has 1 aromatic rings. The number of nitrogens with zero attached hydrogens (tertiary/aromatic N) is 1. The van der Waals surface area contributed by atoms with Crippen molar-refractivity contribution in [3.05, 3.63) is 18.2 Å². The second-order valence-electron chi connectivity index (χ2n) is 4.85. The molecule has 1 fully saturated rings. The molecule has 2 rings (SSSR count). The van der Waals surface area contributed by atoms with E-state index in [9.17, 15) is 5.11 Å². The van der Waals surface area contributed by atoms with Crippen molar-refractivity contribution in [3.63, 3.8) is 0 Å². The Morgan fingerprint density at radius 2 is 2.28 bits per heavy atom. The summed E-state index contributed by atoms with van der Waals surface area (Å²) < 4.78 is 5.63. The minimum Gasteiger partial charge on any atom is -0.493 e. The molecule has 0 spiro atoms. The Morgan fingerprint density at radius 3 is 3.00 bits per heavy atom. The summed E-state index contributed by atoms with van der Waals surface area (Å²) in [7, 11) is 0. The van der Waals surface area contributed by atoms with Gasteiger partial charge >= 0.3 is 0 Å². The molecule has 0 aromatic heterocycles. The van der Waals surface area contributed by atoms with Crippen LogP contribution in [0.1, 0.15) is 26.2 Å². The molecule has 1 unspecified atom stereocenters. The van der Waals surface area contributed by atoms with Crippen molar-refractivity contribution in [2.24, 2.45) is 0 Å². The highest BCUT2D eigenvalue weighted by Crippen LogP contribution is 2.27. The Labute approximate surface area is 108 Å². The van der Waals surface area contributed by atoms with Crippen molar-refractivity contribution in [3.8, 4) is 5.75 Å². The maximum absolute atomic E-state index is 9.72. The smallest absolute Gasteiger partial charge is 0.123 e. The van der Waals surface area contributed by atoms with Crippen LogP contribution in [0, 0.1) is 0 Å². The van der Waals surface area contributed by atoms with E-state index in [4.69, 9.17) is 10.5 Å². The van der Waals surface area contributed by atoms with Crippen molar-refractivity contribution in [2.45, 2.75) is 32.3 Å². The van der Waals surface area contributed by atoms with Crippen molar-refractivity contribution in [2.75, 3.05) is 30.3 Å². The van der Waals surface area contributed by atoms with Crippen LogP contribution in [0.4, 0.5) is 11.4 Å². The highest BCUT2D eigenvalue weighted by Gasteiger charge is 2.18. The zero-order valence-corrected chi connectivity index (χ0v) is 10.9. The van der Waals surface area contributed by atoms with Gasteiger partial charge < -0.3 is 20.5 Å². The number of benzene rings is 1. The summed E-state index contributed by atoms with van der Waals surface area (Å²) >= 11 is 0. The van der Waals surface area contributed by atoms with Crippen LogP contribution in [-0.4, -0.2) is 30.9 Å². The summed E-state index contributed by atoms with van der Waals surface area (Å²) in [6.45, 7) is 4.42. The number of rotatable bonds is 4. The van der Waals surface area contributed by atoms with Crippen LogP contribution >= 0.6 is 0 Å². The number of β-amino-alcohol motifs (C(OH)–C–C–N with tert-alkyl or cyclic N) is 1. The van der Waals surface area contributed by atoms with Gasteiger partial charge in [0.15, 0.2) is 0 Å². The molecule has 3 N–H and O–H groups in total. The number of nitrogens with two attached hydrogens (primary N) is 1. The minimum absolute atomic E-state index is 0.236. The van der Waals surface area contributed by atoms with Crippen LogP contribution in [0.25, 0.3) is 0 Å². The zero-order valence-electron chi connectivity index (χ0n) is 10.9.